The summed E-state index contributed by atoms with van der Waals surface area (Å²) in [5, 5.41) is 7.80. The molecule has 1 aromatic carbocycles. The summed E-state index contributed by atoms with van der Waals surface area (Å²) in [7, 11) is -1.82. The minimum absolute atomic E-state index is 0.0784. The van der Waals surface area contributed by atoms with Gasteiger partial charge in [-0.1, -0.05) is 11.6 Å². The quantitative estimate of drug-likeness (QED) is 0.785. The first kappa shape index (κ1) is 14.8. The largest absolute Gasteiger partial charge is 0.398 e. The third-order valence-corrected chi connectivity index (χ3v) is 4.51. The molecular formula is C11H14ClN5O2S. The Hall–Kier alpha value is -1.64. The number of sulfonamides is 1. The van der Waals surface area contributed by atoms with Gasteiger partial charge in [-0.3, -0.25) is 0 Å². The van der Waals surface area contributed by atoms with Crippen LogP contribution in [-0.4, -0.2) is 29.7 Å². The molecule has 0 saturated heterocycles. The van der Waals surface area contributed by atoms with E-state index in [0.29, 0.717) is 17.9 Å². The highest BCUT2D eigenvalue weighted by Crippen LogP contribution is 2.22. The fourth-order valence-electron chi connectivity index (χ4n) is 1.59. The molecule has 2 rings (SSSR count). The van der Waals surface area contributed by atoms with Crippen LogP contribution in [0.15, 0.2) is 29.4 Å². The van der Waals surface area contributed by atoms with Crippen LogP contribution in [0.1, 0.15) is 5.82 Å². The van der Waals surface area contributed by atoms with E-state index in [0.717, 1.165) is 0 Å². The number of nitrogens with zero attached hydrogens (tertiary/aromatic N) is 3. The van der Waals surface area contributed by atoms with Gasteiger partial charge < -0.3 is 10.3 Å². The average molecular weight is 316 g/mol. The van der Waals surface area contributed by atoms with Crippen LogP contribution >= 0.6 is 11.6 Å². The van der Waals surface area contributed by atoms with Crippen molar-refractivity contribution < 1.29 is 8.42 Å². The summed E-state index contributed by atoms with van der Waals surface area (Å²) >= 11 is 5.82. The number of benzene rings is 1. The van der Waals surface area contributed by atoms with Crippen molar-refractivity contribution in [1.29, 1.82) is 0 Å². The number of halogens is 1. The van der Waals surface area contributed by atoms with Gasteiger partial charge in [0, 0.05) is 20.0 Å². The minimum atomic E-state index is -3.61. The monoisotopic (exact) mass is 315 g/mol. The summed E-state index contributed by atoms with van der Waals surface area (Å²) in [6.45, 7) is 0.219. The van der Waals surface area contributed by atoms with Crippen molar-refractivity contribution in [3.8, 4) is 0 Å². The third-order valence-electron chi connectivity index (χ3n) is 2.73. The summed E-state index contributed by atoms with van der Waals surface area (Å²) in [6.07, 6.45) is 2.00. The fourth-order valence-corrected chi connectivity index (χ4v) is 2.89. The van der Waals surface area contributed by atoms with E-state index in [2.05, 4.69) is 14.9 Å². The van der Waals surface area contributed by atoms with Crippen molar-refractivity contribution in [3.05, 3.63) is 35.4 Å². The zero-order chi connectivity index (χ0) is 14.8. The Bertz CT molecular complexity index is 713. The van der Waals surface area contributed by atoms with E-state index in [-0.39, 0.29) is 16.5 Å². The van der Waals surface area contributed by atoms with Crippen LogP contribution in [0.3, 0.4) is 0 Å². The first-order valence-electron chi connectivity index (χ1n) is 5.78. The molecule has 9 heteroatoms. The zero-order valence-corrected chi connectivity index (χ0v) is 12.3. The van der Waals surface area contributed by atoms with Gasteiger partial charge in [0.15, 0.2) is 0 Å². The predicted molar refractivity (Wildman–Crippen MR) is 75.8 cm³/mol. The van der Waals surface area contributed by atoms with Crippen LogP contribution in [0.2, 0.25) is 5.02 Å². The Morgan fingerprint density at radius 2 is 2.20 bits per heavy atom. The lowest BCUT2D eigenvalue weighted by atomic mass is 10.3. The van der Waals surface area contributed by atoms with E-state index in [1.807, 2.05) is 0 Å². The molecular weight excluding hydrogens is 302 g/mol. The molecule has 0 aliphatic carbocycles. The van der Waals surface area contributed by atoms with Gasteiger partial charge in [-0.2, -0.15) is 0 Å². The van der Waals surface area contributed by atoms with E-state index >= 15 is 0 Å². The number of nitrogens with one attached hydrogen (secondary N) is 1. The van der Waals surface area contributed by atoms with Gasteiger partial charge >= 0.3 is 0 Å². The van der Waals surface area contributed by atoms with E-state index in [1.54, 1.807) is 17.9 Å². The van der Waals surface area contributed by atoms with Gasteiger partial charge in [-0.05, 0) is 18.2 Å². The molecule has 0 amide bonds. The van der Waals surface area contributed by atoms with Crippen molar-refractivity contribution in [3.63, 3.8) is 0 Å². The SMILES string of the molecule is Cn1cnnc1CCNS(=O)(=O)c1ccc(N)c(Cl)c1. The first-order chi connectivity index (χ1) is 9.40. The second kappa shape index (κ2) is 5.78. The van der Waals surface area contributed by atoms with Gasteiger partial charge in [0.25, 0.3) is 0 Å². The molecule has 0 radical (unpaired) electrons. The molecule has 20 heavy (non-hydrogen) atoms. The lowest BCUT2D eigenvalue weighted by Gasteiger charge is -2.07. The summed E-state index contributed by atoms with van der Waals surface area (Å²) in [6, 6.07) is 4.19. The lowest BCUT2D eigenvalue weighted by Crippen LogP contribution is -2.26. The number of nitrogen functional groups attached to an aromatic ring is 1. The van der Waals surface area contributed by atoms with E-state index in [1.165, 1.54) is 18.2 Å². The van der Waals surface area contributed by atoms with Crippen LogP contribution < -0.4 is 10.5 Å². The van der Waals surface area contributed by atoms with Gasteiger partial charge in [0.1, 0.15) is 12.2 Å². The summed E-state index contributed by atoms with van der Waals surface area (Å²) in [4.78, 5) is 0.0784. The molecule has 0 atom stereocenters. The molecule has 7 nitrogen and oxygen atoms in total. The molecule has 0 aliphatic rings. The Balaban J connectivity index is 2.04. The molecule has 0 fully saturated rings. The van der Waals surface area contributed by atoms with Gasteiger partial charge in [-0.25, -0.2) is 13.1 Å². The van der Waals surface area contributed by atoms with Gasteiger partial charge in [0.05, 0.1) is 15.6 Å². The topological polar surface area (TPSA) is 103 Å². The normalized spacial score (nSPS) is 11.7. The molecule has 3 N–H and O–H groups in total. The minimum Gasteiger partial charge on any atom is -0.398 e. The van der Waals surface area contributed by atoms with Crippen LogP contribution in [0, 0.1) is 0 Å². The smallest absolute Gasteiger partial charge is 0.240 e. The number of rotatable bonds is 5. The number of hydrogen-bond acceptors (Lipinski definition) is 5. The second-order valence-electron chi connectivity index (χ2n) is 4.19. The van der Waals surface area contributed by atoms with Crippen molar-refractivity contribution in [2.75, 3.05) is 12.3 Å². The van der Waals surface area contributed by atoms with Crippen LogP contribution in [-0.2, 0) is 23.5 Å². The van der Waals surface area contributed by atoms with E-state index in [9.17, 15) is 8.42 Å². The lowest BCUT2D eigenvalue weighted by molar-refractivity contribution is 0.580. The van der Waals surface area contributed by atoms with Crippen molar-refractivity contribution in [2.24, 2.45) is 7.05 Å². The Morgan fingerprint density at radius 1 is 1.45 bits per heavy atom. The number of hydrogen-bond donors (Lipinski definition) is 2. The Kier molecular flexibility index (Phi) is 4.26. The number of aryl methyl sites for hydroxylation is 1. The molecule has 0 bridgehead atoms. The predicted octanol–water partition coefficient (Wildman–Crippen LogP) is 0.572. The summed E-state index contributed by atoms with van der Waals surface area (Å²) in [5.74, 6) is 0.697. The highest BCUT2D eigenvalue weighted by Gasteiger charge is 2.15. The third kappa shape index (κ3) is 3.27. The molecule has 2 aromatic rings. The Labute approximate surface area is 121 Å². The molecule has 1 aromatic heterocycles. The summed E-state index contributed by atoms with van der Waals surface area (Å²) in [5.41, 5.74) is 5.89. The van der Waals surface area contributed by atoms with E-state index < -0.39 is 10.0 Å². The number of anilines is 1. The van der Waals surface area contributed by atoms with Crippen LogP contribution in [0.25, 0.3) is 0 Å². The average Bonchev–Trinajstić information content (AvgIpc) is 2.78. The van der Waals surface area contributed by atoms with Crippen LogP contribution in [0.4, 0.5) is 5.69 Å². The zero-order valence-electron chi connectivity index (χ0n) is 10.7. The van der Waals surface area contributed by atoms with E-state index in [4.69, 9.17) is 17.3 Å². The van der Waals surface area contributed by atoms with Crippen molar-refractivity contribution >= 4 is 27.3 Å². The molecule has 0 spiro atoms. The van der Waals surface area contributed by atoms with Crippen molar-refractivity contribution in [1.82, 2.24) is 19.5 Å². The molecule has 0 unspecified atom stereocenters. The standard InChI is InChI=1S/C11H14ClN5O2S/c1-17-7-14-16-11(17)4-5-15-20(18,19)8-2-3-10(13)9(12)6-8/h2-3,6-7,15H,4-5,13H2,1H3. The van der Waals surface area contributed by atoms with Crippen LogP contribution in [0.5, 0.6) is 0 Å². The molecule has 1 heterocycles. The maximum atomic E-state index is 12.1. The number of nitrogens with two attached hydrogens (primary N) is 1. The highest BCUT2D eigenvalue weighted by molar-refractivity contribution is 7.89. The maximum Gasteiger partial charge on any atom is 0.240 e. The second-order valence-corrected chi connectivity index (χ2v) is 6.36. The number of aromatic nitrogens is 3. The first-order valence-corrected chi connectivity index (χ1v) is 7.64. The fraction of sp³-hybridized carbons (Fsp3) is 0.273. The van der Waals surface area contributed by atoms with Gasteiger partial charge in [0.2, 0.25) is 10.0 Å². The highest BCUT2D eigenvalue weighted by atomic mass is 35.5. The maximum absolute atomic E-state index is 12.1. The Morgan fingerprint density at radius 3 is 2.80 bits per heavy atom. The van der Waals surface area contributed by atoms with Crippen molar-refractivity contribution in [2.45, 2.75) is 11.3 Å². The van der Waals surface area contributed by atoms with Gasteiger partial charge in [-0.15, -0.1) is 10.2 Å². The molecule has 0 aliphatic heterocycles. The molecule has 108 valence electrons. The summed E-state index contributed by atoms with van der Waals surface area (Å²) < 4.78 is 28.3. The molecule has 0 saturated carbocycles.